The van der Waals surface area contributed by atoms with Gasteiger partial charge in [-0.3, -0.25) is 9.78 Å². The SMILES string of the molecule is CSc1cncc(COc2cc(OCc3cccc(-c4cccc(OCCCN5CCCC5)c4C)c3C)c(Cl)cc2CN)c1.O=C(O)CCO. The summed E-state index contributed by atoms with van der Waals surface area (Å²) in [5.74, 6) is 1.19. The minimum absolute atomic E-state index is 0.153. The zero-order chi connectivity index (χ0) is 35.9. The first kappa shape index (κ1) is 39.0. The molecular formula is C39H48ClN3O6S. The second kappa shape index (κ2) is 20.1. The molecule has 2 heterocycles. The fourth-order valence-electron chi connectivity index (χ4n) is 5.72. The molecule has 9 nitrogen and oxygen atoms in total. The molecule has 50 heavy (non-hydrogen) atoms. The van der Waals surface area contributed by atoms with Crippen molar-refractivity contribution in [1.29, 1.82) is 0 Å². The van der Waals surface area contributed by atoms with Gasteiger partial charge in [0.2, 0.25) is 0 Å². The van der Waals surface area contributed by atoms with Gasteiger partial charge in [-0.2, -0.15) is 0 Å². The highest BCUT2D eigenvalue weighted by atomic mass is 35.5. The molecule has 268 valence electrons. The lowest BCUT2D eigenvalue weighted by Crippen LogP contribution is -2.22. The molecule has 1 saturated heterocycles. The van der Waals surface area contributed by atoms with Crippen molar-refractivity contribution in [3.8, 4) is 28.4 Å². The maximum atomic E-state index is 9.44. The van der Waals surface area contributed by atoms with E-state index in [9.17, 15) is 4.79 Å². The molecule has 0 aliphatic carbocycles. The van der Waals surface area contributed by atoms with Gasteiger partial charge in [0.05, 0.1) is 24.7 Å². The van der Waals surface area contributed by atoms with Gasteiger partial charge in [0, 0.05) is 47.6 Å². The first-order chi connectivity index (χ1) is 24.2. The molecule has 11 heteroatoms. The number of carboxylic acids is 1. The van der Waals surface area contributed by atoms with Crippen molar-refractivity contribution in [2.75, 3.05) is 39.1 Å². The van der Waals surface area contributed by atoms with Gasteiger partial charge in [-0.15, -0.1) is 11.8 Å². The normalized spacial score (nSPS) is 12.7. The van der Waals surface area contributed by atoms with Crippen LogP contribution < -0.4 is 19.9 Å². The smallest absolute Gasteiger partial charge is 0.305 e. The Morgan fingerprint density at radius 2 is 1.64 bits per heavy atom. The summed E-state index contributed by atoms with van der Waals surface area (Å²) < 4.78 is 18.7. The highest BCUT2D eigenvalue weighted by molar-refractivity contribution is 7.98. The van der Waals surface area contributed by atoms with Crippen molar-refractivity contribution >= 4 is 29.3 Å². The fourth-order valence-corrected chi connectivity index (χ4v) is 6.39. The van der Waals surface area contributed by atoms with Crippen LogP contribution in [0.1, 0.15) is 53.5 Å². The molecule has 0 bridgehead atoms. The summed E-state index contributed by atoms with van der Waals surface area (Å²) in [5.41, 5.74) is 13.6. The number of carboxylic acid groups (broad SMARTS) is 1. The maximum Gasteiger partial charge on any atom is 0.305 e. The number of benzene rings is 3. The van der Waals surface area contributed by atoms with Crippen molar-refractivity contribution < 1.29 is 29.2 Å². The number of ether oxygens (including phenoxy) is 3. The molecule has 4 aromatic rings. The van der Waals surface area contributed by atoms with Crippen LogP contribution in [0.2, 0.25) is 5.02 Å². The maximum absolute atomic E-state index is 9.44. The summed E-state index contributed by atoms with van der Waals surface area (Å²) in [7, 11) is 0. The van der Waals surface area contributed by atoms with E-state index in [0.29, 0.717) is 36.3 Å². The lowest BCUT2D eigenvalue weighted by molar-refractivity contribution is -0.137. The monoisotopic (exact) mass is 721 g/mol. The summed E-state index contributed by atoms with van der Waals surface area (Å²) in [6.07, 6.45) is 9.21. The van der Waals surface area contributed by atoms with E-state index in [-0.39, 0.29) is 13.0 Å². The molecule has 1 aliphatic heterocycles. The number of pyridine rings is 1. The number of hydrogen-bond donors (Lipinski definition) is 3. The third-order valence-electron chi connectivity index (χ3n) is 8.54. The lowest BCUT2D eigenvalue weighted by Gasteiger charge is -2.18. The highest BCUT2D eigenvalue weighted by Gasteiger charge is 2.15. The Hall–Kier alpha value is -3.80. The van der Waals surface area contributed by atoms with Gasteiger partial charge in [0.25, 0.3) is 0 Å². The molecule has 0 amide bonds. The summed E-state index contributed by atoms with van der Waals surface area (Å²) >= 11 is 8.28. The van der Waals surface area contributed by atoms with E-state index in [1.54, 1.807) is 11.8 Å². The minimum atomic E-state index is -0.961. The molecule has 3 aromatic carbocycles. The number of nitrogens with zero attached hydrogens (tertiary/aromatic N) is 2. The van der Waals surface area contributed by atoms with Crippen molar-refractivity contribution in [3.63, 3.8) is 0 Å². The van der Waals surface area contributed by atoms with E-state index in [0.717, 1.165) is 58.0 Å². The number of carbonyl (C=O) groups is 1. The predicted octanol–water partition coefficient (Wildman–Crippen LogP) is 7.68. The second-order valence-electron chi connectivity index (χ2n) is 12.0. The number of nitrogens with two attached hydrogens (primary N) is 1. The highest BCUT2D eigenvalue weighted by Crippen LogP contribution is 2.36. The lowest BCUT2D eigenvalue weighted by atomic mass is 9.93. The molecule has 1 fully saturated rings. The number of aliphatic carboxylic acids is 1. The Morgan fingerprint density at radius 3 is 2.32 bits per heavy atom. The number of hydrogen-bond acceptors (Lipinski definition) is 9. The van der Waals surface area contributed by atoms with Crippen molar-refractivity contribution in [2.45, 2.75) is 64.2 Å². The van der Waals surface area contributed by atoms with Crippen LogP contribution in [0.15, 0.2) is 71.9 Å². The van der Waals surface area contributed by atoms with E-state index < -0.39 is 5.97 Å². The molecule has 0 radical (unpaired) electrons. The zero-order valence-electron chi connectivity index (χ0n) is 29.1. The van der Waals surface area contributed by atoms with Gasteiger partial charge in [0.1, 0.15) is 30.5 Å². The third-order valence-corrected chi connectivity index (χ3v) is 9.53. The Kier molecular flexibility index (Phi) is 15.7. The van der Waals surface area contributed by atoms with E-state index >= 15 is 0 Å². The van der Waals surface area contributed by atoms with Gasteiger partial charge in [0.15, 0.2) is 0 Å². The Labute approximate surface area is 304 Å². The number of thioether (sulfide) groups is 1. The summed E-state index contributed by atoms with van der Waals surface area (Å²) in [6, 6.07) is 18.4. The molecular weight excluding hydrogens is 674 g/mol. The fraction of sp³-hybridized carbons (Fsp3) is 0.385. The largest absolute Gasteiger partial charge is 0.493 e. The first-order valence-electron chi connectivity index (χ1n) is 16.9. The second-order valence-corrected chi connectivity index (χ2v) is 13.3. The average molecular weight is 722 g/mol. The van der Waals surface area contributed by atoms with Gasteiger partial charge < -0.3 is 35.1 Å². The molecule has 0 atom stereocenters. The standard InChI is InChI=1S/C36H42ClN3O3S.C3H6O3/c1-25-28(9-6-10-31(25)32-11-7-12-34(26(32)2)41-16-8-15-40-13-4-5-14-40)24-43-36-19-35(29(20-38)18-33(36)37)42-23-27-17-30(44-3)22-39-21-27;4-2-1-3(5)6/h6-7,9-12,17-19,21-22H,4-5,8,13-16,20,23-24,38H2,1-3H3;4H,1-2H2,(H,5,6). The van der Waals surface area contributed by atoms with E-state index in [1.165, 1.54) is 37.1 Å². The molecule has 1 aromatic heterocycles. The van der Waals surface area contributed by atoms with E-state index in [1.807, 2.05) is 30.8 Å². The number of halogens is 1. The van der Waals surface area contributed by atoms with Crippen LogP contribution in [-0.2, 0) is 24.6 Å². The van der Waals surface area contributed by atoms with Crippen LogP contribution in [0.5, 0.6) is 17.2 Å². The molecule has 0 spiro atoms. The van der Waals surface area contributed by atoms with E-state index in [2.05, 4.69) is 66.2 Å². The molecule has 5 rings (SSSR count). The number of likely N-dealkylation sites (tertiary alicyclic amines) is 1. The van der Waals surface area contributed by atoms with Crippen molar-refractivity contribution in [1.82, 2.24) is 9.88 Å². The van der Waals surface area contributed by atoms with Crippen LogP contribution in [0.3, 0.4) is 0 Å². The number of aliphatic hydroxyl groups is 1. The number of rotatable bonds is 16. The molecule has 4 N–H and O–H groups in total. The Bertz CT molecular complexity index is 1700. The van der Waals surface area contributed by atoms with Crippen LogP contribution >= 0.6 is 23.4 Å². The van der Waals surface area contributed by atoms with Crippen LogP contribution in [0.25, 0.3) is 11.1 Å². The minimum Gasteiger partial charge on any atom is -0.493 e. The van der Waals surface area contributed by atoms with Gasteiger partial charge in [-0.25, -0.2) is 0 Å². The van der Waals surface area contributed by atoms with Gasteiger partial charge in [-0.05, 0) is 98.5 Å². The van der Waals surface area contributed by atoms with E-state index in [4.69, 9.17) is 41.8 Å². The Balaban J connectivity index is 0.000000860. The predicted molar refractivity (Wildman–Crippen MR) is 201 cm³/mol. The third kappa shape index (κ3) is 11.4. The zero-order valence-corrected chi connectivity index (χ0v) is 30.7. The van der Waals surface area contributed by atoms with Crippen molar-refractivity contribution in [2.24, 2.45) is 5.73 Å². The molecule has 0 saturated carbocycles. The summed E-state index contributed by atoms with van der Waals surface area (Å²) in [6.45, 7) is 9.33. The van der Waals surface area contributed by atoms with Crippen LogP contribution in [0, 0.1) is 13.8 Å². The van der Waals surface area contributed by atoms with Crippen LogP contribution in [0.4, 0.5) is 0 Å². The first-order valence-corrected chi connectivity index (χ1v) is 18.5. The summed E-state index contributed by atoms with van der Waals surface area (Å²) in [4.78, 5) is 17.4. The van der Waals surface area contributed by atoms with Crippen molar-refractivity contribution in [3.05, 3.63) is 99.8 Å². The molecule has 1 aliphatic rings. The quantitative estimate of drug-likeness (QED) is 0.0783. The topological polar surface area (TPSA) is 127 Å². The Morgan fingerprint density at radius 1 is 0.920 bits per heavy atom. The average Bonchev–Trinajstić information content (AvgIpc) is 3.64. The summed E-state index contributed by atoms with van der Waals surface area (Å²) in [5, 5.41) is 16.1. The van der Waals surface area contributed by atoms with Gasteiger partial charge in [-0.1, -0.05) is 41.9 Å². The molecule has 0 unspecified atom stereocenters. The van der Waals surface area contributed by atoms with Gasteiger partial charge >= 0.3 is 5.97 Å². The van der Waals surface area contributed by atoms with Crippen LogP contribution in [-0.4, -0.2) is 65.2 Å². The number of aromatic nitrogens is 1. The number of aliphatic hydroxyl groups excluding tert-OH is 1.